The van der Waals surface area contributed by atoms with Crippen LogP contribution in [0.3, 0.4) is 0 Å². The lowest BCUT2D eigenvalue weighted by atomic mass is 10.0. The largest absolute Gasteiger partial charge is 0.464 e. The van der Waals surface area contributed by atoms with Crippen LogP contribution in [-0.2, 0) is 31.8 Å². The Morgan fingerprint density at radius 2 is 1.61 bits per heavy atom. The van der Waals surface area contributed by atoms with Crippen LogP contribution in [-0.4, -0.2) is 31.9 Å². The van der Waals surface area contributed by atoms with Crippen LogP contribution in [0.4, 0.5) is 0 Å². The third kappa shape index (κ3) is 5.35. The molecule has 1 aliphatic carbocycles. The molecule has 172 valence electrons. The number of esters is 1. The molecule has 0 heterocycles. The third-order valence-electron chi connectivity index (χ3n) is 6.06. The average molecular weight is 445 g/mol. The van der Waals surface area contributed by atoms with E-state index in [4.69, 9.17) is 14.2 Å². The number of rotatable bonds is 10. The van der Waals surface area contributed by atoms with Crippen molar-refractivity contribution in [2.24, 2.45) is 0 Å². The van der Waals surface area contributed by atoms with Gasteiger partial charge in [0, 0.05) is 13.0 Å². The Balaban J connectivity index is 1.37. The SMILES string of the molecule is CCOC(=O)C(Cc1ccc(CCOC2c3ccccc3-c3cc(C)ccc32)cc1)OCC. The van der Waals surface area contributed by atoms with E-state index < -0.39 is 6.10 Å². The molecule has 33 heavy (non-hydrogen) atoms. The number of fused-ring (bicyclic) bond motifs is 3. The zero-order valence-electron chi connectivity index (χ0n) is 19.7. The number of hydrogen-bond acceptors (Lipinski definition) is 4. The molecule has 0 spiro atoms. The normalized spacial score (nSPS) is 15.1. The lowest BCUT2D eigenvalue weighted by molar-refractivity contribution is -0.156. The Hall–Kier alpha value is -2.95. The number of aryl methyl sites for hydroxylation is 1. The summed E-state index contributed by atoms with van der Waals surface area (Å²) in [6, 6.07) is 23.5. The maximum absolute atomic E-state index is 12.1. The monoisotopic (exact) mass is 444 g/mol. The van der Waals surface area contributed by atoms with E-state index in [1.165, 1.54) is 33.4 Å². The molecule has 4 nitrogen and oxygen atoms in total. The van der Waals surface area contributed by atoms with Crippen LogP contribution in [0.15, 0.2) is 66.7 Å². The summed E-state index contributed by atoms with van der Waals surface area (Å²) in [7, 11) is 0. The highest BCUT2D eigenvalue weighted by Gasteiger charge is 2.29. The van der Waals surface area contributed by atoms with E-state index in [1.807, 2.05) is 13.8 Å². The first kappa shape index (κ1) is 23.2. The average Bonchev–Trinajstić information content (AvgIpc) is 3.13. The molecule has 0 amide bonds. The molecule has 2 atom stereocenters. The number of carbonyl (C=O) groups is 1. The second-order valence-corrected chi connectivity index (χ2v) is 8.40. The van der Waals surface area contributed by atoms with Gasteiger partial charge in [0.2, 0.25) is 0 Å². The van der Waals surface area contributed by atoms with E-state index in [1.54, 1.807) is 0 Å². The van der Waals surface area contributed by atoms with Crippen LogP contribution in [0.1, 0.15) is 47.8 Å². The summed E-state index contributed by atoms with van der Waals surface area (Å²) >= 11 is 0. The highest BCUT2D eigenvalue weighted by molar-refractivity contribution is 5.78. The van der Waals surface area contributed by atoms with E-state index in [0.29, 0.717) is 26.2 Å². The molecule has 2 unspecified atom stereocenters. The molecule has 1 aliphatic rings. The number of hydrogen-bond donors (Lipinski definition) is 0. The molecule has 3 aromatic rings. The zero-order valence-corrected chi connectivity index (χ0v) is 19.7. The molecular weight excluding hydrogens is 412 g/mol. The van der Waals surface area contributed by atoms with Crippen LogP contribution in [0, 0.1) is 6.92 Å². The Bertz CT molecular complexity index is 1090. The van der Waals surface area contributed by atoms with Gasteiger partial charge in [-0.05, 0) is 60.6 Å². The Morgan fingerprint density at radius 1 is 0.879 bits per heavy atom. The van der Waals surface area contributed by atoms with E-state index in [2.05, 4.69) is 73.7 Å². The van der Waals surface area contributed by atoms with Gasteiger partial charge in [0.15, 0.2) is 6.10 Å². The van der Waals surface area contributed by atoms with E-state index >= 15 is 0 Å². The van der Waals surface area contributed by atoms with Crippen molar-refractivity contribution >= 4 is 5.97 Å². The van der Waals surface area contributed by atoms with Crippen molar-refractivity contribution in [3.05, 3.63) is 94.5 Å². The minimum Gasteiger partial charge on any atom is -0.464 e. The summed E-state index contributed by atoms with van der Waals surface area (Å²) in [4.78, 5) is 12.1. The topological polar surface area (TPSA) is 44.8 Å². The van der Waals surface area contributed by atoms with Crippen LogP contribution in [0.2, 0.25) is 0 Å². The van der Waals surface area contributed by atoms with Crippen LogP contribution in [0.25, 0.3) is 11.1 Å². The van der Waals surface area contributed by atoms with Crippen molar-refractivity contribution < 1.29 is 19.0 Å². The fraction of sp³-hybridized carbons (Fsp3) is 0.345. The number of carbonyl (C=O) groups excluding carboxylic acids is 1. The standard InChI is InChI=1S/C29H32O4/c1-4-31-27(29(30)32-5-2)19-22-13-11-21(12-14-22)16-17-33-28-24-9-7-6-8-23(24)26-18-20(3)10-15-25(26)28/h6-15,18,27-28H,4-5,16-17,19H2,1-3H3. The minimum absolute atomic E-state index is 0.0207. The van der Waals surface area contributed by atoms with Gasteiger partial charge in [-0.2, -0.15) is 0 Å². The van der Waals surface area contributed by atoms with Crippen molar-refractivity contribution in [1.29, 1.82) is 0 Å². The van der Waals surface area contributed by atoms with Crippen molar-refractivity contribution in [2.45, 2.75) is 45.8 Å². The van der Waals surface area contributed by atoms with Gasteiger partial charge < -0.3 is 14.2 Å². The van der Waals surface area contributed by atoms with Gasteiger partial charge in [-0.15, -0.1) is 0 Å². The Labute approximate surface area is 196 Å². The molecular formula is C29H32O4. The predicted octanol–water partition coefficient (Wildman–Crippen LogP) is 5.83. The van der Waals surface area contributed by atoms with E-state index in [0.717, 1.165) is 12.0 Å². The number of ether oxygens (including phenoxy) is 3. The first-order chi connectivity index (χ1) is 16.1. The summed E-state index contributed by atoms with van der Waals surface area (Å²) in [5, 5.41) is 0. The fourth-order valence-electron chi connectivity index (χ4n) is 4.45. The lowest BCUT2D eigenvalue weighted by Gasteiger charge is -2.16. The Kier molecular flexibility index (Phi) is 7.58. The molecule has 0 bridgehead atoms. The molecule has 0 fully saturated rings. The molecule has 0 aromatic heterocycles. The molecule has 0 N–H and O–H groups in total. The summed E-state index contributed by atoms with van der Waals surface area (Å²) in [6.45, 7) is 7.29. The number of benzene rings is 3. The molecule has 0 saturated heterocycles. The van der Waals surface area contributed by atoms with Gasteiger partial charge in [0.05, 0.1) is 13.2 Å². The van der Waals surface area contributed by atoms with Crippen molar-refractivity contribution in [3.8, 4) is 11.1 Å². The second-order valence-electron chi connectivity index (χ2n) is 8.40. The van der Waals surface area contributed by atoms with Crippen molar-refractivity contribution in [1.82, 2.24) is 0 Å². The van der Waals surface area contributed by atoms with Gasteiger partial charge in [0.25, 0.3) is 0 Å². The lowest BCUT2D eigenvalue weighted by Crippen LogP contribution is -2.29. The third-order valence-corrected chi connectivity index (χ3v) is 6.06. The minimum atomic E-state index is -0.560. The Morgan fingerprint density at radius 3 is 2.36 bits per heavy atom. The van der Waals surface area contributed by atoms with Gasteiger partial charge in [-0.1, -0.05) is 72.3 Å². The highest BCUT2D eigenvalue weighted by atomic mass is 16.6. The van der Waals surface area contributed by atoms with Gasteiger partial charge in [0.1, 0.15) is 6.10 Å². The second kappa shape index (κ2) is 10.8. The van der Waals surface area contributed by atoms with Crippen LogP contribution in [0.5, 0.6) is 0 Å². The van der Waals surface area contributed by atoms with Gasteiger partial charge in [-0.3, -0.25) is 0 Å². The van der Waals surface area contributed by atoms with Crippen LogP contribution < -0.4 is 0 Å². The van der Waals surface area contributed by atoms with Gasteiger partial charge in [-0.25, -0.2) is 4.79 Å². The summed E-state index contributed by atoms with van der Waals surface area (Å²) < 4.78 is 17.1. The van der Waals surface area contributed by atoms with Crippen molar-refractivity contribution in [3.63, 3.8) is 0 Å². The maximum Gasteiger partial charge on any atom is 0.335 e. The fourth-order valence-corrected chi connectivity index (χ4v) is 4.45. The van der Waals surface area contributed by atoms with Crippen LogP contribution >= 0.6 is 0 Å². The molecule has 0 radical (unpaired) electrons. The predicted molar refractivity (Wildman–Crippen MR) is 130 cm³/mol. The molecule has 0 aliphatic heterocycles. The van der Waals surface area contributed by atoms with Crippen molar-refractivity contribution in [2.75, 3.05) is 19.8 Å². The quantitative estimate of drug-likeness (QED) is 0.369. The summed E-state index contributed by atoms with van der Waals surface area (Å²) in [6.07, 6.45) is 0.758. The zero-order chi connectivity index (χ0) is 23.2. The van der Waals surface area contributed by atoms with E-state index in [-0.39, 0.29) is 12.1 Å². The molecule has 4 rings (SSSR count). The molecule has 0 saturated carbocycles. The summed E-state index contributed by atoms with van der Waals surface area (Å²) in [5.74, 6) is -0.302. The first-order valence-corrected chi connectivity index (χ1v) is 11.8. The molecule has 3 aromatic carbocycles. The molecule has 4 heteroatoms. The highest BCUT2D eigenvalue weighted by Crippen LogP contribution is 2.45. The van der Waals surface area contributed by atoms with Gasteiger partial charge >= 0.3 is 5.97 Å². The summed E-state index contributed by atoms with van der Waals surface area (Å²) in [5.41, 5.74) is 8.58. The van der Waals surface area contributed by atoms with E-state index in [9.17, 15) is 4.79 Å². The maximum atomic E-state index is 12.1. The smallest absolute Gasteiger partial charge is 0.335 e. The first-order valence-electron chi connectivity index (χ1n) is 11.8.